The number of aliphatic hydroxyl groups is 1. The minimum absolute atomic E-state index is 0.171. The van der Waals surface area contributed by atoms with Gasteiger partial charge in [0.25, 0.3) is 0 Å². The Hall–Kier alpha value is -2.04. The van der Waals surface area contributed by atoms with E-state index < -0.39 is 57.8 Å². The first-order chi connectivity index (χ1) is 39.2. The lowest BCUT2D eigenvalue weighted by molar-refractivity contribution is -0.161. The summed E-state index contributed by atoms with van der Waals surface area (Å²) < 4.78 is 39.8. The molecule has 0 heterocycles. The molecular formula is C68H129O11P. The van der Waals surface area contributed by atoms with Crippen LogP contribution < -0.4 is 0 Å². The summed E-state index contributed by atoms with van der Waals surface area (Å²) in [5, 5.41) is 9.87. The van der Waals surface area contributed by atoms with Gasteiger partial charge in [-0.25, -0.2) is 4.57 Å². The number of unbranched alkanes of at least 4 members (excludes halogenated alkanes) is 44. The topological polar surface area (TPSA) is 155 Å². The van der Waals surface area contributed by atoms with Crippen LogP contribution in [0, 0.1) is 0 Å². The van der Waals surface area contributed by atoms with Crippen molar-refractivity contribution < 1.29 is 52.2 Å². The number of phosphoric acid groups is 1. The van der Waals surface area contributed by atoms with Crippen molar-refractivity contribution in [2.75, 3.05) is 26.4 Å². The van der Waals surface area contributed by atoms with Crippen LogP contribution >= 0.6 is 7.82 Å². The Balaban J connectivity index is 4.64. The zero-order chi connectivity index (χ0) is 58.3. The molecule has 0 radical (unpaired) electrons. The lowest BCUT2D eigenvalue weighted by atomic mass is 10.0. The first-order valence-electron chi connectivity index (χ1n) is 34.2. The number of allylic oxidation sites excluding steroid dienone is 4. The fraction of sp³-hybridized carbons (Fsp3) is 0.897. The maximum absolute atomic E-state index is 13.0. The Morgan fingerprint density at radius 2 is 0.575 bits per heavy atom. The highest BCUT2D eigenvalue weighted by atomic mass is 31.2. The summed E-state index contributed by atoms with van der Waals surface area (Å²) in [5.74, 6) is -1.44. The Labute approximate surface area is 493 Å². The number of esters is 3. The fourth-order valence-electron chi connectivity index (χ4n) is 10.1. The molecule has 0 aromatic heterocycles. The zero-order valence-electron chi connectivity index (χ0n) is 52.6. The molecule has 0 saturated carbocycles. The number of phosphoric ester groups is 1. The van der Waals surface area contributed by atoms with E-state index in [0.717, 1.165) is 64.2 Å². The normalized spacial score (nSPS) is 13.3. The van der Waals surface area contributed by atoms with E-state index in [2.05, 4.69) is 45.1 Å². The van der Waals surface area contributed by atoms with Gasteiger partial charge in [0.2, 0.25) is 0 Å². The summed E-state index contributed by atoms with van der Waals surface area (Å²) in [6, 6.07) is 0. The fourth-order valence-corrected chi connectivity index (χ4v) is 10.9. The molecule has 11 nitrogen and oxygen atoms in total. The van der Waals surface area contributed by atoms with Gasteiger partial charge in [-0.2, -0.15) is 0 Å². The van der Waals surface area contributed by atoms with Crippen LogP contribution in [0.25, 0.3) is 0 Å². The Morgan fingerprint density at radius 1 is 0.338 bits per heavy atom. The van der Waals surface area contributed by atoms with Gasteiger partial charge in [0.1, 0.15) is 12.7 Å². The van der Waals surface area contributed by atoms with Crippen molar-refractivity contribution in [3.8, 4) is 0 Å². The maximum atomic E-state index is 13.0. The number of hydrogen-bond acceptors (Lipinski definition) is 10. The third-order valence-corrected chi connectivity index (χ3v) is 16.3. The Kier molecular flexibility index (Phi) is 61.4. The van der Waals surface area contributed by atoms with Gasteiger partial charge in [-0.1, -0.05) is 289 Å². The van der Waals surface area contributed by atoms with Gasteiger partial charge in [0, 0.05) is 19.3 Å². The summed E-state index contributed by atoms with van der Waals surface area (Å²) in [6.07, 6.45) is 66.9. The Bertz CT molecular complexity index is 1440. The molecule has 0 spiro atoms. The molecule has 0 amide bonds. The van der Waals surface area contributed by atoms with Gasteiger partial charge in [-0.15, -0.1) is 0 Å². The van der Waals surface area contributed by atoms with Crippen molar-refractivity contribution >= 4 is 25.7 Å². The summed E-state index contributed by atoms with van der Waals surface area (Å²) in [6.45, 7) is 4.73. The van der Waals surface area contributed by atoms with E-state index in [1.807, 2.05) is 0 Å². The van der Waals surface area contributed by atoms with Crippen LogP contribution in [0.3, 0.4) is 0 Å². The van der Waals surface area contributed by atoms with E-state index in [4.69, 9.17) is 23.3 Å². The minimum atomic E-state index is -4.75. The molecule has 0 fully saturated rings. The monoisotopic (exact) mass is 1150 g/mol. The quantitative estimate of drug-likeness (QED) is 0.0197. The first-order valence-corrected chi connectivity index (χ1v) is 35.7. The second-order valence-corrected chi connectivity index (χ2v) is 24.8. The first kappa shape index (κ1) is 78.0. The molecule has 472 valence electrons. The van der Waals surface area contributed by atoms with Crippen LogP contribution in [0.2, 0.25) is 0 Å². The van der Waals surface area contributed by atoms with Crippen molar-refractivity contribution in [2.24, 2.45) is 0 Å². The molecule has 0 rings (SSSR count). The second kappa shape index (κ2) is 63.0. The van der Waals surface area contributed by atoms with Gasteiger partial charge in [-0.05, 0) is 70.6 Å². The predicted octanol–water partition coefficient (Wildman–Crippen LogP) is 20.9. The molecule has 0 aromatic rings. The van der Waals surface area contributed by atoms with Gasteiger partial charge in [-0.3, -0.25) is 23.4 Å². The Morgan fingerprint density at radius 3 is 0.863 bits per heavy atom. The molecular weight excluding hydrogens is 1020 g/mol. The molecule has 0 aliphatic heterocycles. The van der Waals surface area contributed by atoms with Gasteiger partial charge < -0.3 is 24.2 Å². The van der Waals surface area contributed by atoms with Gasteiger partial charge >= 0.3 is 25.7 Å². The molecule has 0 bridgehead atoms. The molecule has 80 heavy (non-hydrogen) atoms. The van der Waals surface area contributed by atoms with E-state index in [1.54, 1.807) is 0 Å². The summed E-state index contributed by atoms with van der Waals surface area (Å²) >= 11 is 0. The summed E-state index contributed by atoms with van der Waals surface area (Å²) in [4.78, 5) is 48.8. The van der Waals surface area contributed by atoms with Crippen LogP contribution in [0.4, 0.5) is 0 Å². The number of ether oxygens (including phenoxy) is 3. The van der Waals surface area contributed by atoms with E-state index in [-0.39, 0.29) is 25.9 Å². The number of carbonyl (C=O) groups is 3. The third kappa shape index (κ3) is 60.5. The molecule has 0 aliphatic carbocycles. The molecule has 2 N–H and O–H groups in total. The van der Waals surface area contributed by atoms with Crippen LogP contribution in [-0.2, 0) is 42.2 Å². The average Bonchev–Trinajstić information content (AvgIpc) is 3.45. The van der Waals surface area contributed by atoms with Crippen molar-refractivity contribution in [1.82, 2.24) is 0 Å². The van der Waals surface area contributed by atoms with Crippen molar-refractivity contribution in [1.29, 1.82) is 0 Å². The standard InChI is InChI=1S/C68H129O11P/c1-4-7-10-13-16-19-22-25-28-31-32-35-38-41-44-47-50-53-56-59-68(72)79-65(61-75-66(70)57-54-51-48-45-42-39-36-33-29-26-23-20-17-14-11-8-5-2)63-77-80(73,74)76-62-64(60-69)78-67(71)58-55-52-49-46-43-40-37-34-30-27-24-21-18-15-12-9-6-3/h25,27-28,30,64-65,69H,4-24,26,29,31-63H2,1-3H3,(H,73,74)/b28-25-,30-27-. The lowest BCUT2D eigenvalue weighted by Gasteiger charge is -2.21. The van der Waals surface area contributed by atoms with Crippen LogP contribution in [0.5, 0.6) is 0 Å². The number of aliphatic hydroxyl groups excluding tert-OH is 1. The molecule has 3 unspecified atom stereocenters. The van der Waals surface area contributed by atoms with Gasteiger partial charge in [0.15, 0.2) is 6.10 Å². The van der Waals surface area contributed by atoms with Crippen molar-refractivity contribution in [3.05, 3.63) is 24.3 Å². The van der Waals surface area contributed by atoms with E-state index in [9.17, 15) is 28.9 Å². The molecule has 0 saturated heterocycles. The molecule has 0 aliphatic rings. The maximum Gasteiger partial charge on any atom is 0.472 e. The van der Waals surface area contributed by atoms with Crippen LogP contribution in [0.15, 0.2) is 24.3 Å². The number of rotatable bonds is 65. The summed E-state index contributed by atoms with van der Waals surface area (Å²) in [7, 11) is -4.75. The molecule has 3 atom stereocenters. The van der Waals surface area contributed by atoms with E-state index >= 15 is 0 Å². The second-order valence-electron chi connectivity index (χ2n) is 23.3. The minimum Gasteiger partial charge on any atom is -0.462 e. The highest BCUT2D eigenvalue weighted by Gasteiger charge is 2.28. The van der Waals surface area contributed by atoms with Gasteiger partial charge in [0.05, 0.1) is 19.8 Å². The smallest absolute Gasteiger partial charge is 0.462 e. The average molecular weight is 1150 g/mol. The molecule has 0 aromatic carbocycles. The van der Waals surface area contributed by atoms with Crippen LogP contribution in [0.1, 0.15) is 355 Å². The van der Waals surface area contributed by atoms with Crippen LogP contribution in [-0.4, -0.2) is 66.5 Å². The van der Waals surface area contributed by atoms with Crippen molar-refractivity contribution in [3.63, 3.8) is 0 Å². The van der Waals surface area contributed by atoms with Crippen molar-refractivity contribution in [2.45, 2.75) is 367 Å². The zero-order valence-corrected chi connectivity index (χ0v) is 53.5. The highest BCUT2D eigenvalue weighted by Crippen LogP contribution is 2.43. The highest BCUT2D eigenvalue weighted by molar-refractivity contribution is 7.47. The summed E-state index contributed by atoms with van der Waals surface area (Å²) in [5.41, 5.74) is 0. The number of hydrogen-bond donors (Lipinski definition) is 2. The van der Waals surface area contributed by atoms with E-state index in [1.165, 1.54) is 231 Å². The van der Waals surface area contributed by atoms with E-state index in [0.29, 0.717) is 19.3 Å². The number of carbonyl (C=O) groups excluding carboxylic acids is 3. The predicted molar refractivity (Wildman–Crippen MR) is 335 cm³/mol. The SMILES string of the molecule is CCCCCCCC/C=C\CCCCCCCCCCCC(=O)OC(COC(=O)CCCCCCCCCCCCCCCCCCC)COP(=O)(O)OCC(CO)OC(=O)CCCCCCCCC/C=C\CCCCCCCC. The third-order valence-electron chi connectivity index (χ3n) is 15.3. The lowest BCUT2D eigenvalue weighted by Crippen LogP contribution is -2.30. The largest absolute Gasteiger partial charge is 0.472 e. The molecule has 12 heteroatoms.